The number of pyridine rings is 1. The van der Waals surface area contributed by atoms with Crippen LogP contribution in [0.5, 0.6) is 0 Å². The average molecular weight is 638 g/mol. The smallest absolute Gasteiger partial charge is 0.278 e. The van der Waals surface area contributed by atoms with Gasteiger partial charge in [0.05, 0.1) is 12.2 Å². The molecule has 3 N–H and O–H groups in total. The van der Waals surface area contributed by atoms with E-state index < -0.39 is 5.60 Å². The zero-order chi connectivity index (χ0) is 32.6. The van der Waals surface area contributed by atoms with Gasteiger partial charge >= 0.3 is 0 Å². The largest absolute Gasteiger partial charge is 0.384 e. The highest BCUT2D eigenvalue weighted by molar-refractivity contribution is 5.77. The minimum atomic E-state index is -1.14. The van der Waals surface area contributed by atoms with Gasteiger partial charge in [-0.25, -0.2) is 19.3 Å². The average Bonchev–Trinajstić information content (AvgIpc) is 3.36. The number of aliphatic hydroxyl groups is 1. The van der Waals surface area contributed by atoms with Crippen molar-refractivity contribution >= 4 is 28.4 Å². The molecule has 7 rings (SSSR count). The fraction of sp³-hybridized carbons (Fsp3) is 0.500. The molecule has 2 aliphatic heterocycles. The number of nitrogens with one attached hydrogen (secondary N) is 2. The van der Waals surface area contributed by atoms with Crippen LogP contribution in [0.1, 0.15) is 58.1 Å². The molecule has 11 nitrogen and oxygen atoms in total. The number of piperidine rings is 1. The normalized spacial score (nSPS) is 19.3. The van der Waals surface area contributed by atoms with Crippen LogP contribution in [0.4, 0.5) is 17.3 Å². The summed E-state index contributed by atoms with van der Waals surface area (Å²) in [5.41, 5.74) is 2.24. The van der Waals surface area contributed by atoms with Crippen molar-refractivity contribution in [2.45, 2.75) is 70.6 Å². The monoisotopic (exact) mass is 637 g/mol. The van der Waals surface area contributed by atoms with Gasteiger partial charge in [0.2, 0.25) is 5.95 Å². The van der Waals surface area contributed by atoms with E-state index in [9.17, 15) is 9.90 Å². The predicted octanol–water partition coefficient (Wildman–Crippen LogP) is 4.57. The van der Waals surface area contributed by atoms with Crippen molar-refractivity contribution in [3.8, 4) is 5.82 Å². The number of aromatic nitrogens is 5. The van der Waals surface area contributed by atoms with Crippen LogP contribution in [-0.2, 0) is 12.1 Å². The fourth-order valence-corrected chi connectivity index (χ4v) is 7.76. The van der Waals surface area contributed by atoms with Gasteiger partial charge in [0, 0.05) is 49.8 Å². The van der Waals surface area contributed by atoms with Crippen molar-refractivity contribution in [3.63, 3.8) is 0 Å². The molecule has 1 aromatic carbocycles. The van der Waals surface area contributed by atoms with Crippen molar-refractivity contribution in [2.75, 3.05) is 49.5 Å². The molecule has 47 heavy (non-hydrogen) atoms. The minimum Gasteiger partial charge on any atom is -0.384 e. The molecule has 0 amide bonds. The van der Waals surface area contributed by atoms with Gasteiger partial charge in [-0.2, -0.15) is 4.98 Å². The van der Waals surface area contributed by atoms with Gasteiger partial charge in [-0.1, -0.05) is 12.1 Å². The SMILES string of the molecule is C=CCn1c(=O)c2cnc(Nc3ccc(N4CCN(C5CCC6(CCNCC6)CC5)CC4)cc3)nc2n1-c1cccc(C(C)(C)O)n1. The molecular formula is C36H47N9O2. The third kappa shape index (κ3) is 6.44. The summed E-state index contributed by atoms with van der Waals surface area (Å²) in [4.78, 5) is 32.4. The molecule has 0 bridgehead atoms. The van der Waals surface area contributed by atoms with Crippen molar-refractivity contribution in [3.05, 3.63) is 77.4 Å². The summed E-state index contributed by atoms with van der Waals surface area (Å²) in [6.07, 6.45) is 11.4. The molecule has 3 fully saturated rings. The van der Waals surface area contributed by atoms with E-state index >= 15 is 0 Å². The van der Waals surface area contributed by atoms with Crippen LogP contribution in [0.3, 0.4) is 0 Å². The lowest BCUT2D eigenvalue weighted by Gasteiger charge is -2.47. The van der Waals surface area contributed by atoms with E-state index in [0.717, 1.165) is 37.9 Å². The Kier molecular flexibility index (Phi) is 8.63. The number of benzene rings is 1. The van der Waals surface area contributed by atoms with Crippen molar-refractivity contribution in [1.82, 2.24) is 34.5 Å². The lowest BCUT2D eigenvalue weighted by atomic mass is 9.67. The van der Waals surface area contributed by atoms with E-state index in [0.29, 0.717) is 33.9 Å². The van der Waals surface area contributed by atoms with Crippen molar-refractivity contribution in [2.24, 2.45) is 5.41 Å². The molecule has 0 unspecified atom stereocenters. The highest BCUT2D eigenvalue weighted by Crippen LogP contribution is 2.44. The lowest BCUT2D eigenvalue weighted by Crippen LogP contribution is -2.52. The molecule has 11 heteroatoms. The molecule has 3 aromatic heterocycles. The first-order valence-electron chi connectivity index (χ1n) is 17.1. The topological polar surface area (TPSA) is 116 Å². The van der Waals surface area contributed by atoms with Crippen molar-refractivity contribution in [1.29, 1.82) is 0 Å². The zero-order valence-electron chi connectivity index (χ0n) is 27.7. The highest BCUT2D eigenvalue weighted by atomic mass is 16.3. The van der Waals surface area contributed by atoms with E-state index in [1.165, 1.54) is 62.0 Å². The summed E-state index contributed by atoms with van der Waals surface area (Å²) < 4.78 is 3.20. The molecule has 3 aliphatic rings. The van der Waals surface area contributed by atoms with Crippen LogP contribution in [0.2, 0.25) is 0 Å². The molecule has 0 atom stereocenters. The van der Waals surface area contributed by atoms with Gasteiger partial charge in [0.1, 0.15) is 11.0 Å². The van der Waals surface area contributed by atoms with E-state index in [1.54, 1.807) is 42.9 Å². The predicted molar refractivity (Wildman–Crippen MR) is 187 cm³/mol. The molecule has 0 radical (unpaired) electrons. The number of piperazine rings is 1. The Morgan fingerprint density at radius 3 is 2.43 bits per heavy atom. The summed E-state index contributed by atoms with van der Waals surface area (Å²) in [7, 11) is 0. The van der Waals surface area contributed by atoms with Gasteiger partial charge in [0.25, 0.3) is 5.56 Å². The highest BCUT2D eigenvalue weighted by Gasteiger charge is 2.38. The first-order chi connectivity index (χ1) is 22.7. The van der Waals surface area contributed by atoms with Crippen LogP contribution >= 0.6 is 0 Å². The van der Waals surface area contributed by atoms with Crippen LogP contribution in [-0.4, -0.2) is 79.6 Å². The lowest BCUT2D eigenvalue weighted by molar-refractivity contribution is 0.0627. The first kappa shape index (κ1) is 31.5. The summed E-state index contributed by atoms with van der Waals surface area (Å²) >= 11 is 0. The Hall–Kier alpha value is -4.06. The summed E-state index contributed by atoms with van der Waals surface area (Å²) in [6, 6.07) is 14.5. The number of allylic oxidation sites excluding steroid dienone is 1. The van der Waals surface area contributed by atoms with E-state index in [4.69, 9.17) is 4.98 Å². The number of hydrogen-bond donors (Lipinski definition) is 3. The molecule has 1 aliphatic carbocycles. The second kappa shape index (κ2) is 12.9. The van der Waals surface area contributed by atoms with Gasteiger partial charge in [-0.3, -0.25) is 9.69 Å². The van der Waals surface area contributed by atoms with Crippen LogP contribution in [0.25, 0.3) is 16.9 Å². The minimum absolute atomic E-state index is 0.236. The zero-order valence-corrected chi connectivity index (χ0v) is 27.7. The van der Waals surface area contributed by atoms with Crippen LogP contribution in [0, 0.1) is 5.41 Å². The first-order valence-corrected chi connectivity index (χ1v) is 17.1. The van der Waals surface area contributed by atoms with Gasteiger partial charge < -0.3 is 20.6 Å². The fourth-order valence-electron chi connectivity index (χ4n) is 7.76. The Morgan fingerprint density at radius 1 is 1.02 bits per heavy atom. The van der Waals surface area contributed by atoms with E-state index in [1.807, 2.05) is 6.07 Å². The van der Waals surface area contributed by atoms with E-state index in [2.05, 4.69) is 61.2 Å². The molecule has 2 saturated heterocycles. The van der Waals surface area contributed by atoms with Gasteiger partial charge in [-0.05, 0) is 107 Å². The Morgan fingerprint density at radius 2 is 1.74 bits per heavy atom. The number of nitrogens with zero attached hydrogens (tertiary/aromatic N) is 7. The second-order valence-corrected chi connectivity index (χ2v) is 14.0. The number of hydrogen-bond acceptors (Lipinski definition) is 9. The Labute approximate surface area is 276 Å². The maximum Gasteiger partial charge on any atom is 0.278 e. The number of fused-ring (bicyclic) bond motifs is 1. The molecule has 1 saturated carbocycles. The number of rotatable bonds is 8. The molecule has 5 heterocycles. The summed E-state index contributed by atoms with van der Waals surface area (Å²) in [5.74, 6) is 0.850. The summed E-state index contributed by atoms with van der Waals surface area (Å²) in [6.45, 7) is 14.2. The number of anilines is 3. The molecule has 4 aromatic rings. The second-order valence-electron chi connectivity index (χ2n) is 14.0. The Bertz CT molecular complexity index is 1760. The standard InChI is InChI=1S/C36H47N9O2/c1-4-20-44-33(46)29-25-38-34(41-32(29)45(44)31-7-5-6-30(40-31)35(2,3)47)39-26-8-10-27(11-9-26)42-21-23-43(24-22-42)28-12-14-36(15-13-28)16-18-37-19-17-36/h4-11,25,28,37,47H,1,12-24H2,2-3H3,(H,38,39,41). The van der Waals surface area contributed by atoms with E-state index in [-0.39, 0.29) is 12.1 Å². The maximum absolute atomic E-state index is 13.3. The third-order valence-corrected chi connectivity index (χ3v) is 10.6. The third-order valence-electron chi connectivity index (χ3n) is 10.6. The Balaban J connectivity index is 1.03. The van der Waals surface area contributed by atoms with Crippen molar-refractivity contribution < 1.29 is 5.11 Å². The van der Waals surface area contributed by atoms with Crippen LogP contribution < -0.4 is 21.1 Å². The van der Waals surface area contributed by atoms with Crippen LogP contribution in [0.15, 0.2) is 66.1 Å². The van der Waals surface area contributed by atoms with Gasteiger partial charge in [0.15, 0.2) is 11.5 Å². The summed E-state index contributed by atoms with van der Waals surface area (Å²) in [5, 5.41) is 17.8. The molecular weight excluding hydrogens is 590 g/mol. The quantitative estimate of drug-likeness (QED) is 0.239. The maximum atomic E-state index is 13.3. The molecule has 1 spiro atoms. The molecule has 248 valence electrons. The van der Waals surface area contributed by atoms with Gasteiger partial charge in [-0.15, -0.1) is 6.58 Å².